The van der Waals surface area contributed by atoms with Gasteiger partial charge in [0.05, 0.1) is 5.69 Å². The first-order chi connectivity index (χ1) is 7.77. The Morgan fingerprint density at radius 1 is 1.38 bits per heavy atom. The van der Waals surface area contributed by atoms with E-state index >= 15 is 0 Å². The Kier molecular flexibility index (Phi) is 3.31. The second-order valence-corrected chi connectivity index (χ2v) is 4.46. The van der Waals surface area contributed by atoms with Crippen LogP contribution in [0.4, 0.5) is 0 Å². The number of carbonyl (C=O) groups is 1. The fourth-order valence-electron chi connectivity index (χ4n) is 1.53. The van der Waals surface area contributed by atoms with Gasteiger partial charge in [0.25, 0.3) is 0 Å². The van der Waals surface area contributed by atoms with E-state index in [4.69, 9.17) is 0 Å². The first kappa shape index (κ1) is 10.8. The van der Waals surface area contributed by atoms with Crippen LogP contribution in [0, 0.1) is 0 Å². The number of rotatable bonds is 4. The summed E-state index contributed by atoms with van der Waals surface area (Å²) in [5.41, 5.74) is 0.614. The summed E-state index contributed by atoms with van der Waals surface area (Å²) in [6.45, 7) is 0. The minimum Gasteiger partial charge on any atom is -0.481 e. The van der Waals surface area contributed by atoms with Crippen LogP contribution in [0.15, 0.2) is 41.9 Å². The van der Waals surface area contributed by atoms with E-state index < -0.39 is 11.9 Å². The average molecular weight is 233 g/mol. The molecule has 16 heavy (non-hydrogen) atoms. The standard InChI is InChI=1S/C12H11NO2S/c14-12(15)10(8-9-4-3-7-16-9)11-5-1-2-6-13-11/h1-7,10H,8H2,(H,14,15). The van der Waals surface area contributed by atoms with E-state index in [-0.39, 0.29) is 0 Å². The van der Waals surface area contributed by atoms with Gasteiger partial charge in [-0.1, -0.05) is 12.1 Å². The highest BCUT2D eigenvalue weighted by atomic mass is 32.1. The molecule has 0 saturated heterocycles. The largest absolute Gasteiger partial charge is 0.481 e. The molecule has 82 valence electrons. The van der Waals surface area contributed by atoms with Crippen LogP contribution < -0.4 is 0 Å². The Labute approximate surface area is 97.4 Å². The van der Waals surface area contributed by atoms with E-state index in [1.54, 1.807) is 29.7 Å². The lowest BCUT2D eigenvalue weighted by Crippen LogP contribution is -2.15. The maximum absolute atomic E-state index is 11.2. The molecule has 2 aromatic heterocycles. The fraction of sp³-hybridized carbons (Fsp3) is 0.167. The molecule has 2 rings (SSSR count). The predicted molar refractivity (Wildman–Crippen MR) is 62.6 cm³/mol. The minimum absolute atomic E-state index is 0.504. The van der Waals surface area contributed by atoms with Crippen molar-refractivity contribution in [3.8, 4) is 0 Å². The molecule has 0 saturated carbocycles. The minimum atomic E-state index is -0.827. The van der Waals surface area contributed by atoms with Crippen molar-refractivity contribution in [2.24, 2.45) is 0 Å². The van der Waals surface area contributed by atoms with Crippen LogP contribution in [0.5, 0.6) is 0 Å². The number of carboxylic acid groups (broad SMARTS) is 1. The average Bonchev–Trinajstić information content (AvgIpc) is 2.79. The molecule has 0 spiro atoms. The smallest absolute Gasteiger partial charge is 0.312 e. The summed E-state index contributed by atoms with van der Waals surface area (Å²) in [6, 6.07) is 9.23. The molecule has 2 heterocycles. The van der Waals surface area contributed by atoms with Crippen LogP contribution in [0.2, 0.25) is 0 Å². The number of thiophene rings is 1. The number of nitrogens with zero attached hydrogens (tertiary/aromatic N) is 1. The highest BCUT2D eigenvalue weighted by Gasteiger charge is 2.21. The maximum atomic E-state index is 11.2. The van der Waals surface area contributed by atoms with Crippen LogP contribution in [-0.4, -0.2) is 16.1 Å². The van der Waals surface area contributed by atoms with Gasteiger partial charge in [-0.15, -0.1) is 11.3 Å². The van der Waals surface area contributed by atoms with E-state index in [0.717, 1.165) is 4.88 Å². The summed E-state index contributed by atoms with van der Waals surface area (Å²) in [5.74, 6) is -1.38. The summed E-state index contributed by atoms with van der Waals surface area (Å²) in [4.78, 5) is 16.4. The van der Waals surface area contributed by atoms with Gasteiger partial charge in [0.15, 0.2) is 0 Å². The van der Waals surface area contributed by atoms with Gasteiger partial charge in [0.2, 0.25) is 0 Å². The fourth-order valence-corrected chi connectivity index (χ4v) is 2.28. The summed E-state index contributed by atoms with van der Waals surface area (Å²) < 4.78 is 0. The van der Waals surface area contributed by atoms with Crippen LogP contribution in [-0.2, 0) is 11.2 Å². The topological polar surface area (TPSA) is 50.2 Å². The van der Waals surface area contributed by atoms with Crippen molar-refractivity contribution in [1.82, 2.24) is 4.98 Å². The molecular formula is C12H11NO2S. The first-order valence-electron chi connectivity index (χ1n) is 4.93. The number of pyridine rings is 1. The lowest BCUT2D eigenvalue weighted by molar-refractivity contribution is -0.138. The molecule has 0 aliphatic rings. The molecule has 1 N–H and O–H groups in total. The van der Waals surface area contributed by atoms with Crippen LogP contribution in [0.25, 0.3) is 0 Å². The third-order valence-electron chi connectivity index (χ3n) is 2.33. The molecule has 1 atom stereocenters. The summed E-state index contributed by atoms with van der Waals surface area (Å²) in [6.07, 6.45) is 2.13. The Balaban J connectivity index is 2.22. The normalized spacial score (nSPS) is 12.2. The van der Waals surface area contributed by atoms with Crippen molar-refractivity contribution in [1.29, 1.82) is 0 Å². The molecule has 0 fully saturated rings. The third-order valence-corrected chi connectivity index (χ3v) is 3.23. The third kappa shape index (κ3) is 2.46. The molecule has 0 amide bonds. The number of aliphatic carboxylic acids is 1. The first-order valence-corrected chi connectivity index (χ1v) is 5.81. The zero-order chi connectivity index (χ0) is 11.4. The van der Waals surface area contributed by atoms with Crippen LogP contribution in [0.3, 0.4) is 0 Å². The highest BCUT2D eigenvalue weighted by Crippen LogP contribution is 2.22. The van der Waals surface area contributed by atoms with Gasteiger partial charge in [-0.3, -0.25) is 9.78 Å². The molecular weight excluding hydrogens is 222 g/mol. The van der Waals surface area contributed by atoms with Gasteiger partial charge >= 0.3 is 5.97 Å². The van der Waals surface area contributed by atoms with Gasteiger partial charge in [-0.25, -0.2) is 0 Å². The van der Waals surface area contributed by atoms with Crippen LogP contribution >= 0.6 is 11.3 Å². The molecule has 3 nitrogen and oxygen atoms in total. The van der Waals surface area contributed by atoms with E-state index in [9.17, 15) is 9.90 Å². The molecule has 0 aromatic carbocycles. The Morgan fingerprint density at radius 3 is 2.81 bits per heavy atom. The summed E-state index contributed by atoms with van der Waals surface area (Å²) in [5, 5.41) is 11.1. The van der Waals surface area contributed by atoms with Crippen LogP contribution in [0.1, 0.15) is 16.5 Å². The molecule has 0 radical (unpaired) electrons. The summed E-state index contributed by atoms with van der Waals surface area (Å²) >= 11 is 1.57. The van der Waals surface area contributed by atoms with Crippen molar-refractivity contribution >= 4 is 17.3 Å². The zero-order valence-electron chi connectivity index (χ0n) is 8.54. The van der Waals surface area contributed by atoms with Gasteiger partial charge in [0.1, 0.15) is 5.92 Å². The lowest BCUT2D eigenvalue weighted by Gasteiger charge is -2.09. The van der Waals surface area contributed by atoms with Gasteiger partial charge in [-0.05, 0) is 23.6 Å². The van der Waals surface area contributed by atoms with E-state index in [1.165, 1.54) is 0 Å². The highest BCUT2D eigenvalue weighted by molar-refractivity contribution is 7.09. The molecule has 4 heteroatoms. The Bertz CT molecular complexity index is 453. The van der Waals surface area contributed by atoms with E-state index in [2.05, 4.69) is 4.98 Å². The van der Waals surface area contributed by atoms with Crippen molar-refractivity contribution < 1.29 is 9.90 Å². The quantitative estimate of drug-likeness (QED) is 0.882. The van der Waals surface area contributed by atoms with Crippen molar-refractivity contribution in [3.63, 3.8) is 0 Å². The van der Waals surface area contributed by atoms with Crippen molar-refractivity contribution in [3.05, 3.63) is 52.5 Å². The molecule has 1 unspecified atom stereocenters. The number of aromatic nitrogens is 1. The second-order valence-electron chi connectivity index (χ2n) is 3.43. The Morgan fingerprint density at radius 2 is 2.25 bits per heavy atom. The molecule has 0 aliphatic heterocycles. The zero-order valence-corrected chi connectivity index (χ0v) is 9.35. The number of hydrogen-bond acceptors (Lipinski definition) is 3. The van der Waals surface area contributed by atoms with Gasteiger partial charge < -0.3 is 5.11 Å². The SMILES string of the molecule is O=C(O)C(Cc1cccs1)c1ccccn1. The maximum Gasteiger partial charge on any atom is 0.312 e. The number of hydrogen-bond donors (Lipinski definition) is 1. The van der Waals surface area contributed by atoms with Gasteiger partial charge in [0, 0.05) is 17.5 Å². The molecule has 2 aromatic rings. The van der Waals surface area contributed by atoms with Gasteiger partial charge in [-0.2, -0.15) is 0 Å². The number of carboxylic acids is 1. The Hall–Kier alpha value is -1.68. The summed E-state index contributed by atoms with van der Waals surface area (Å²) in [7, 11) is 0. The predicted octanol–water partition coefficient (Wildman–Crippen LogP) is 2.55. The molecule has 0 bridgehead atoms. The lowest BCUT2D eigenvalue weighted by atomic mass is 10.00. The molecule has 0 aliphatic carbocycles. The second kappa shape index (κ2) is 4.90. The van der Waals surface area contributed by atoms with Crippen molar-refractivity contribution in [2.45, 2.75) is 12.3 Å². The van der Waals surface area contributed by atoms with Crippen molar-refractivity contribution in [2.75, 3.05) is 0 Å². The monoisotopic (exact) mass is 233 g/mol. The van der Waals surface area contributed by atoms with E-state index in [0.29, 0.717) is 12.1 Å². The van der Waals surface area contributed by atoms with E-state index in [1.807, 2.05) is 23.6 Å².